The number of carbonyl (C=O) groups excluding carboxylic acids is 1. The van der Waals surface area contributed by atoms with Crippen LogP contribution in [0.4, 0.5) is 10.1 Å². The molecule has 0 spiro atoms. The van der Waals surface area contributed by atoms with Crippen LogP contribution < -0.4 is 4.74 Å². The first-order chi connectivity index (χ1) is 16.4. The first kappa shape index (κ1) is 24.5. The van der Waals surface area contributed by atoms with Crippen LogP contribution in [-0.2, 0) is 11.4 Å². The fraction of sp³-hybridized carbons (Fsp3) is 0.154. The summed E-state index contributed by atoms with van der Waals surface area (Å²) in [5, 5.41) is 1.29. The minimum Gasteiger partial charge on any atom is -0.488 e. The molecular weight excluding hydrogens is 539 g/mol. The number of carbonyl (C=O) groups is 1. The molecule has 0 bridgehead atoms. The monoisotopic (exact) mass is 558 g/mol. The van der Waals surface area contributed by atoms with E-state index in [2.05, 4.69) is 20.9 Å². The maximum absolute atomic E-state index is 13.1. The van der Waals surface area contributed by atoms with Crippen LogP contribution in [0.3, 0.4) is 0 Å². The lowest BCUT2D eigenvalue weighted by molar-refractivity contribution is -0.122. The zero-order valence-electron chi connectivity index (χ0n) is 18.3. The molecule has 4 nitrogen and oxygen atoms in total. The van der Waals surface area contributed by atoms with Crippen LogP contribution in [-0.4, -0.2) is 22.5 Å². The van der Waals surface area contributed by atoms with Gasteiger partial charge in [0.2, 0.25) is 0 Å². The summed E-state index contributed by atoms with van der Waals surface area (Å²) in [6.07, 6.45) is 2.68. The van der Waals surface area contributed by atoms with Crippen molar-refractivity contribution in [3.8, 4) is 5.75 Å². The molecule has 0 aromatic heterocycles. The second-order valence-electron chi connectivity index (χ2n) is 7.54. The van der Waals surface area contributed by atoms with Crippen molar-refractivity contribution in [2.24, 2.45) is 4.99 Å². The van der Waals surface area contributed by atoms with Gasteiger partial charge in [0.1, 0.15) is 18.2 Å². The number of hydrogen-bond donors (Lipinski definition) is 0. The molecule has 0 radical (unpaired) electrons. The van der Waals surface area contributed by atoms with Gasteiger partial charge >= 0.3 is 0 Å². The predicted octanol–water partition coefficient (Wildman–Crippen LogP) is 7.83. The van der Waals surface area contributed by atoms with Crippen molar-refractivity contribution < 1.29 is 13.9 Å². The van der Waals surface area contributed by atoms with Crippen molar-refractivity contribution in [3.05, 3.63) is 98.1 Å². The van der Waals surface area contributed by atoms with Crippen molar-refractivity contribution in [2.45, 2.75) is 20.0 Å². The second-order valence-corrected chi connectivity index (χ2v) is 9.84. The van der Waals surface area contributed by atoms with Crippen molar-refractivity contribution in [1.82, 2.24) is 4.90 Å². The number of benzene rings is 3. The topological polar surface area (TPSA) is 41.9 Å². The molecule has 174 valence electrons. The third kappa shape index (κ3) is 6.09. The Morgan fingerprint density at radius 2 is 1.85 bits per heavy atom. The minimum absolute atomic E-state index is 0.0627. The van der Waals surface area contributed by atoms with E-state index in [9.17, 15) is 9.18 Å². The summed E-state index contributed by atoms with van der Waals surface area (Å²) in [4.78, 5) is 20.0. The van der Waals surface area contributed by atoms with E-state index in [1.807, 2.05) is 43.3 Å². The quantitative estimate of drug-likeness (QED) is 0.277. The van der Waals surface area contributed by atoms with E-state index in [0.29, 0.717) is 34.0 Å². The van der Waals surface area contributed by atoms with E-state index in [-0.39, 0.29) is 11.7 Å². The largest absolute Gasteiger partial charge is 0.488 e. The van der Waals surface area contributed by atoms with Gasteiger partial charge in [-0.1, -0.05) is 36.7 Å². The molecule has 4 rings (SSSR count). The molecule has 1 aliphatic heterocycles. The van der Waals surface area contributed by atoms with E-state index in [1.165, 1.54) is 23.9 Å². The van der Waals surface area contributed by atoms with Gasteiger partial charge in [0.25, 0.3) is 5.91 Å². The predicted molar refractivity (Wildman–Crippen MR) is 141 cm³/mol. The molecular formula is C26H21BrClFN2O2S. The molecule has 1 heterocycles. The van der Waals surface area contributed by atoms with Crippen LogP contribution in [0, 0.1) is 5.82 Å². The van der Waals surface area contributed by atoms with Crippen molar-refractivity contribution in [1.29, 1.82) is 0 Å². The lowest BCUT2D eigenvalue weighted by Gasteiger charge is -2.13. The standard InChI is InChI=1S/C26H21BrClFN2O2S/c1-2-13-31-25(32)24(34-26(31)30-21-10-6-19(28)7-11-21)15-18-5-12-23(22(27)14-18)33-16-17-3-8-20(29)9-4-17/h3-12,14-15H,2,13,16H2,1H3/b24-15-,30-26?. The average Bonchev–Trinajstić information content (AvgIpc) is 3.10. The van der Waals surface area contributed by atoms with Crippen molar-refractivity contribution in [2.75, 3.05) is 6.54 Å². The van der Waals surface area contributed by atoms with Gasteiger partial charge in [-0.05, 0) is 99.8 Å². The summed E-state index contributed by atoms with van der Waals surface area (Å²) in [5.74, 6) is 0.322. The van der Waals surface area contributed by atoms with Gasteiger partial charge in [0.05, 0.1) is 15.1 Å². The maximum atomic E-state index is 13.1. The van der Waals surface area contributed by atoms with Gasteiger partial charge in [-0.2, -0.15) is 0 Å². The normalized spacial score (nSPS) is 16.0. The highest BCUT2D eigenvalue weighted by Crippen LogP contribution is 2.35. The Hall–Kier alpha value is -2.61. The molecule has 0 unspecified atom stereocenters. The molecule has 3 aromatic carbocycles. The molecule has 0 atom stereocenters. The summed E-state index contributed by atoms with van der Waals surface area (Å²) < 4.78 is 19.7. The van der Waals surface area contributed by atoms with E-state index in [0.717, 1.165) is 27.7 Å². The Bertz CT molecular complexity index is 1250. The third-order valence-electron chi connectivity index (χ3n) is 4.95. The molecule has 0 aliphatic carbocycles. The van der Waals surface area contributed by atoms with E-state index in [4.69, 9.17) is 16.3 Å². The Morgan fingerprint density at radius 3 is 2.53 bits per heavy atom. The Kier molecular flexibility index (Phi) is 8.08. The van der Waals surface area contributed by atoms with Crippen LogP contribution in [0.2, 0.25) is 5.02 Å². The number of nitrogens with zero attached hydrogens (tertiary/aromatic N) is 2. The zero-order chi connectivity index (χ0) is 24.1. The Labute approximate surface area is 215 Å². The number of hydrogen-bond acceptors (Lipinski definition) is 4. The van der Waals surface area contributed by atoms with Crippen LogP contribution in [0.5, 0.6) is 5.75 Å². The van der Waals surface area contributed by atoms with Gasteiger partial charge in [-0.3, -0.25) is 9.69 Å². The lowest BCUT2D eigenvalue weighted by Crippen LogP contribution is -2.29. The van der Waals surface area contributed by atoms with E-state index in [1.54, 1.807) is 29.2 Å². The van der Waals surface area contributed by atoms with Gasteiger partial charge in [0, 0.05) is 11.6 Å². The summed E-state index contributed by atoms with van der Waals surface area (Å²) in [6, 6.07) is 19.0. The molecule has 1 aliphatic rings. The van der Waals surface area contributed by atoms with Gasteiger partial charge in [-0.25, -0.2) is 9.38 Å². The second kappa shape index (κ2) is 11.2. The summed E-state index contributed by atoms with van der Waals surface area (Å²) in [7, 11) is 0. The highest BCUT2D eigenvalue weighted by molar-refractivity contribution is 9.10. The molecule has 8 heteroatoms. The molecule has 3 aromatic rings. The molecule has 1 amide bonds. The number of ether oxygens (including phenoxy) is 1. The smallest absolute Gasteiger partial charge is 0.266 e. The van der Waals surface area contributed by atoms with Crippen molar-refractivity contribution in [3.63, 3.8) is 0 Å². The first-order valence-electron chi connectivity index (χ1n) is 10.7. The van der Waals surface area contributed by atoms with Gasteiger partial charge in [-0.15, -0.1) is 0 Å². The Balaban J connectivity index is 1.51. The van der Waals surface area contributed by atoms with Crippen LogP contribution in [0.25, 0.3) is 6.08 Å². The summed E-state index contributed by atoms with van der Waals surface area (Å²) in [5.41, 5.74) is 2.48. The fourth-order valence-corrected chi connectivity index (χ4v) is 4.92. The number of aliphatic imine (C=N–C) groups is 1. The Morgan fingerprint density at radius 1 is 1.12 bits per heavy atom. The number of amides is 1. The lowest BCUT2D eigenvalue weighted by atomic mass is 10.2. The van der Waals surface area contributed by atoms with Crippen LogP contribution >= 0.6 is 39.3 Å². The molecule has 1 saturated heterocycles. The van der Waals surface area contributed by atoms with E-state index >= 15 is 0 Å². The maximum Gasteiger partial charge on any atom is 0.266 e. The number of amidine groups is 1. The average molecular weight is 560 g/mol. The van der Waals surface area contributed by atoms with E-state index < -0.39 is 0 Å². The minimum atomic E-state index is -0.277. The SMILES string of the molecule is CCCN1C(=O)/C(=C/c2ccc(OCc3ccc(F)cc3)c(Br)c2)SC1=Nc1ccc(Cl)cc1. The summed E-state index contributed by atoms with van der Waals surface area (Å²) in [6.45, 7) is 2.95. The zero-order valence-corrected chi connectivity index (χ0v) is 21.5. The highest BCUT2D eigenvalue weighted by atomic mass is 79.9. The molecule has 34 heavy (non-hydrogen) atoms. The fourth-order valence-electron chi connectivity index (χ4n) is 3.26. The van der Waals surface area contributed by atoms with Crippen LogP contribution in [0.15, 0.2) is 81.1 Å². The van der Waals surface area contributed by atoms with Gasteiger partial charge in [0.15, 0.2) is 5.17 Å². The number of rotatable bonds is 7. The van der Waals surface area contributed by atoms with Gasteiger partial charge < -0.3 is 4.74 Å². The highest BCUT2D eigenvalue weighted by Gasteiger charge is 2.32. The number of halogens is 3. The summed E-state index contributed by atoms with van der Waals surface area (Å²) >= 11 is 10.9. The first-order valence-corrected chi connectivity index (χ1v) is 12.6. The molecule has 0 N–H and O–H groups in total. The molecule has 0 saturated carbocycles. The van der Waals surface area contributed by atoms with Crippen molar-refractivity contribution >= 4 is 62.1 Å². The third-order valence-corrected chi connectivity index (χ3v) is 6.83. The molecule has 1 fully saturated rings. The number of thioether (sulfide) groups is 1. The van der Waals surface area contributed by atoms with Crippen LogP contribution in [0.1, 0.15) is 24.5 Å².